The minimum absolute atomic E-state index is 0.00879. The van der Waals surface area contributed by atoms with Crippen molar-refractivity contribution in [2.24, 2.45) is 0 Å². The molecule has 0 aromatic heterocycles. The number of aliphatic hydroxyl groups is 1. The molecule has 0 spiro atoms. The highest BCUT2D eigenvalue weighted by Gasteiger charge is 2.30. The summed E-state index contributed by atoms with van der Waals surface area (Å²) in [7, 11) is -10.1. The average molecular weight is 1650 g/mol. The summed E-state index contributed by atoms with van der Waals surface area (Å²) in [6.07, 6.45) is 114. The van der Waals surface area contributed by atoms with Crippen LogP contribution in [0.25, 0.3) is 0 Å². The Morgan fingerprint density at radius 2 is 0.466 bits per heavy atom. The molecule has 19 heteroatoms. The summed E-state index contributed by atoms with van der Waals surface area (Å²) in [5, 5.41) is 10.7. The Hall–Kier alpha value is -7.40. The summed E-state index contributed by atoms with van der Waals surface area (Å²) in [6, 6.07) is 0. The molecule has 0 saturated carbocycles. The van der Waals surface area contributed by atoms with Crippen molar-refractivity contribution in [3.8, 4) is 0 Å². The van der Waals surface area contributed by atoms with Gasteiger partial charge in [-0.15, -0.1) is 0 Å². The fraction of sp³-hybridized carbons (Fsp3) is 0.526. The van der Waals surface area contributed by atoms with Crippen LogP contribution in [0.1, 0.15) is 272 Å². The van der Waals surface area contributed by atoms with Gasteiger partial charge in [0, 0.05) is 25.7 Å². The Bertz CT molecular complexity index is 3210. The molecule has 2 unspecified atom stereocenters. The van der Waals surface area contributed by atoms with Crippen LogP contribution < -0.4 is 0 Å². The fourth-order valence-electron chi connectivity index (χ4n) is 10.1. The number of hydrogen-bond donors (Lipinski definition) is 3. The minimum Gasteiger partial charge on any atom is -0.462 e. The van der Waals surface area contributed by atoms with Gasteiger partial charge in [-0.1, -0.05) is 315 Å². The molecule has 0 saturated heterocycles. The van der Waals surface area contributed by atoms with Gasteiger partial charge in [-0.2, -0.15) is 0 Å². The van der Waals surface area contributed by atoms with Gasteiger partial charge in [0.2, 0.25) is 0 Å². The van der Waals surface area contributed by atoms with E-state index in [2.05, 4.69) is 228 Å². The number of rotatable bonds is 77. The predicted octanol–water partition coefficient (Wildman–Crippen LogP) is 26.1. The van der Waals surface area contributed by atoms with Gasteiger partial charge in [-0.25, -0.2) is 9.13 Å². The SMILES string of the molecule is CC/C=C\C/C=C\C/C=C\C/C=C\C/C=C\C/C=C\CCC(=O)OC[C@H](COP(=O)(O)OC[C@@H](O)COP(=O)(O)OC[C@@H](COC(=O)CC/C=C\C/C=C\C/C=C\C/C=C\C/C=C\CCCCC)OC(=O)CC/C=C\C/C=C\C/C=C\C/C=C\C/C=C\CCCCC)OC(=O)CCCCC/C=C\C/C=C\C/C=C\C/C=C\C/C=C\CC. The number of aliphatic hydroxyl groups excluding tert-OH is 1. The van der Waals surface area contributed by atoms with Crippen molar-refractivity contribution in [1.29, 1.82) is 0 Å². The van der Waals surface area contributed by atoms with Crippen LogP contribution in [-0.2, 0) is 65.4 Å². The van der Waals surface area contributed by atoms with E-state index in [4.69, 9.17) is 37.0 Å². The molecular formula is C97H148O17P2. The smallest absolute Gasteiger partial charge is 0.462 e. The molecule has 0 aliphatic heterocycles. The zero-order valence-electron chi connectivity index (χ0n) is 71.0. The average Bonchev–Trinajstić information content (AvgIpc) is 0.898. The maximum absolute atomic E-state index is 13.2. The zero-order chi connectivity index (χ0) is 84.5. The van der Waals surface area contributed by atoms with Crippen molar-refractivity contribution in [3.63, 3.8) is 0 Å². The largest absolute Gasteiger partial charge is 0.472 e. The number of hydrogen-bond acceptors (Lipinski definition) is 15. The molecule has 0 aromatic rings. The van der Waals surface area contributed by atoms with Gasteiger partial charge in [-0.05, 0) is 186 Å². The second kappa shape index (κ2) is 85.5. The lowest BCUT2D eigenvalue weighted by molar-refractivity contribution is -0.161. The number of unbranched alkanes of at least 4 members (excludes halogenated alkanes) is 9. The molecule has 0 aliphatic rings. The molecular weight excluding hydrogens is 1500 g/mol. The van der Waals surface area contributed by atoms with E-state index in [1.807, 2.05) is 54.7 Å². The van der Waals surface area contributed by atoms with E-state index in [0.29, 0.717) is 44.9 Å². The molecule has 0 bridgehead atoms. The van der Waals surface area contributed by atoms with Gasteiger partial charge in [-0.3, -0.25) is 37.3 Å². The van der Waals surface area contributed by atoms with E-state index in [0.717, 1.165) is 135 Å². The number of carbonyl (C=O) groups is 4. The first kappa shape index (κ1) is 109. The van der Waals surface area contributed by atoms with E-state index < -0.39 is 97.5 Å². The molecule has 0 aromatic carbocycles. The van der Waals surface area contributed by atoms with Crippen LogP contribution in [0.15, 0.2) is 255 Å². The quantitative estimate of drug-likeness (QED) is 0.0169. The van der Waals surface area contributed by atoms with Crippen molar-refractivity contribution in [3.05, 3.63) is 255 Å². The molecule has 5 atom stereocenters. The zero-order valence-corrected chi connectivity index (χ0v) is 72.8. The summed E-state index contributed by atoms with van der Waals surface area (Å²) in [4.78, 5) is 73.2. The molecule has 0 heterocycles. The highest BCUT2D eigenvalue weighted by Crippen LogP contribution is 2.45. The second-order valence-corrected chi connectivity index (χ2v) is 30.2. The molecule has 0 rings (SSSR count). The summed E-state index contributed by atoms with van der Waals surface area (Å²) in [6.45, 7) is 4.25. The molecule has 17 nitrogen and oxygen atoms in total. The predicted molar refractivity (Wildman–Crippen MR) is 481 cm³/mol. The van der Waals surface area contributed by atoms with E-state index in [-0.39, 0.29) is 25.7 Å². The maximum Gasteiger partial charge on any atom is 0.472 e. The van der Waals surface area contributed by atoms with E-state index >= 15 is 0 Å². The topological polar surface area (TPSA) is 237 Å². The van der Waals surface area contributed by atoms with Gasteiger partial charge < -0.3 is 33.8 Å². The third-order valence-corrected chi connectivity index (χ3v) is 18.4. The van der Waals surface area contributed by atoms with Gasteiger partial charge in [0.05, 0.1) is 26.4 Å². The van der Waals surface area contributed by atoms with Crippen molar-refractivity contribution < 1.29 is 80.2 Å². The van der Waals surface area contributed by atoms with Gasteiger partial charge in [0.25, 0.3) is 0 Å². The first-order valence-corrected chi connectivity index (χ1v) is 45.9. The summed E-state index contributed by atoms with van der Waals surface area (Å²) in [5.41, 5.74) is 0. The molecule has 648 valence electrons. The lowest BCUT2D eigenvalue weighted by atomic mass is 10.1. The van der Waals surface area contributed by atoms with E-state index in [9.17, 15) is 43.2 Å². The van der Waals surface area contributed by atoms with E-state index in [1.54, 1.807) is 0 Å². The summed E-state index contributed by atoms with van der Waals surface area (Å²) < 4.78 is 68.5. The first-order valence-electron chi connectivity index (χ1n) is 42.9. The molecule has 0 aliphatic carbocycles. The number of carbonyl (C=O) groups excluding carboxylic acids is 4. The Labute approximate surface area is 700 Å². The highest BCUT2D eigenvalue weighted by atomic mass is 31.2. The molecule has 3 N–H and O–H groups in total. The molecule has 0 radical (unpaired) electrons. The lowest BCUT2D eigenvalue weighted by Crippen LogP contribution is -2.30. The minimum atomic E-state index is -5.04. The van der Waals surface area contributed by atoms with Crippen molar-refractivity contribution in [1.82, 2.24) is 0 Å². The van der Waals surface area contributed by atoms with Crippen LogP contribution in [-0.4, -0.2) is 96.7 Å². The van der Waals surface area contributed by atoms with Crippen LogP contribution in [0.3, 0.4) is 0 Å². The number of phosphoric ester groups is 2. The van der Waals surface area contributed by atoms with Crippen LogP contribution in [0, 0.1) is 0 Å². The van der Waals surface area contributed by atoms with Crippen LogP contribution in [0.5, 0.6) is 0 Å². The Balaban J connectivity index is 5.67. The summed E-state index contributed by atoms with van der Waals surface area (Å²) >= 11 is 0. The van der Waals surface area contributed by atoms with Crippen molar-refractivity contribution >= 4 is 39.5 Å². The number of allylic oxidation sites excluding steroid dienone is 42. The molecule has 0 amide bonds. The summed E-state index contributed by atoms with van der Waals surface area (Å²) in [5.74, 6) is -2.54. The molecule has 116 heavy (non-hydrogen) atoms. The van der Waals surface area contributed by atoms with E-state index in [1.165, 1.54) is 38.5 Å². The first-order chi connectivity index (χ1) is 56.7. The monoisotopic (exact) mass is 1650 g/mol. The van der Waals surface area contributed by atoms with Crippen LogP contribution >= 0.6 is 15.6 Å². The van der Waals surface area contributed by atoms with Crippen molar-refractivity contribution in [2.75, 3.05) is 39.6 Å². The van der Waals surface area contributed by atoms with Gasteiger partial charge >= 0.3 is 39.5 Å². The third kappa shape index (κ3) is 84.5. The van der Waals surface area contributed by atoms with Gasteiger partial charge in [0.15, 0.2) is 12.2 Å². The number of esters is 4. The lowest BCUT2D eigenvalue weighted by Gasteiger charge is -2.21. The second-order valence-electron chi connectivity index (χ2n) is 27.3. The fourth-order valence-corrected chi connectivity index (χ4v) is 11.6. The van der Waals surface area contributed by atoms with Crippen LogP contribution in [0.4, 0.5) is 0 Å². The van der Waals surface area contributed by atoms with Gasteiger partial charge in [0.1, 0.15) is 19.3 Å². The highest BCUT2D eigenvalue weighted by molar-refractivity contribution is 7.47. The Morgan fingerprint density at radius 3 is 0.724 bits per heavy atom. The maximum atomic E-state index is 13.2. The Kier molecular flexibility index (Phi) is 80.0. The number of phosphoric acid groups is 2. The standard InChI is InChI=1S/C97H148O17P2/c1-5-9-13-17-21-25-29-33-37-41-45-49-53-57-61-65-69-73-77-81-94(99)107-87-92(113-96(101)83-79-75-71-67-63-59-55-51-47-43-39-35-31-27-23-19-15-11-7-3)89-111-115(103,104)109-85-91(98)86-110-116(105,106)112-90-93(114-97(102)84-80-76-72-68-64-60-56-52-48-44-40-36-32-28-24-20-16-12-8-4)88-108-95(100)82-78-74-70-66-62-58-54-50-46-42-38-34-30-26-22-18-14-10-6-2/h9,11,13,15,21-28,33-40,45-52,57-64,69-70,72-74,76,91-93,98H,5-8,10,12,14,16-20,29-32,41-44,53-56,65-68,71,75,77-90H2,1-4H3,(H,103,104)(H,105,106)/b13-9-,15-11-,25-21-,26-22-,27-23-,28-24-,37-33-,38-34-,39-35-,40-36-,49-45-,50-46-,51-47-,52-48-,61-57-,62-58-,63-59-,64-60-,73-69-,74-70-,76-72-/t91-,92-,93-/m1/s1. The van der Waals surface area contributed by atoms with Crippen molar-refractivity contribution in [2.45, 2.75) is 290 Å². The van der Waals surface area contributed by atoms with Crippen LogP contribution in [0.2, 0.25) is 0 Å². The normalized spacial score (nSPS) is 15.0. The third-order valence-electron chi connectivity index (χ3n) is 16.5. The number of ether oxygens (including phenoxy) is 4. The Morgan fingerprint density at radius 1 is 0.250 bits per heavy atom. The molecule has 0 fully saturated rings.